The lowest BCUT2D eigenvalue weighted by atomic mass is 10.2. The second-order valence-corrected chi connectivity index (χ2v) is 4.63. The highest BCUT2D eigenvalue weighted by molar-refractivity contribution is 5.81. The first-order valence-corrected chi connectivity index (χ1v) is 5.98. The summed E-state index contributed by atoms with van der Waals surface area (Å²) in [5.41, 5.74) is 1.32. The molecule has 0 aromatic carbocycles. The molecule has 2 rings (SSSR count). The van der Waals surface area contributed by atoms with E-state index >= 15 is 0 Å². The van der Waals surface area contributed by atoms with Gasteiger partial charge in [0.05, 0.1) is 12.1 Å². The third-order valence-electron chi connectivity index (χ3n) is 2.82. The number of anilines is 1. The zero-order chi connectivity index (χ0) is 13.1. The maximum atomic E-state index is 11.7. The lowest BCUT2D eigenvalue weighted by Gasteiger charge is -2.19. The zero-order valence-electron chi connectivity index (χ0n) is 10.6. The fraction of sp³-hybridized carbons (Fsp3) is 0.462. The summed E-state index contributed by atoms with van der Waals surface area (Å²) in [5.74, 6) is 0.538. The molecular weight excluding hydrogens is 228 g/mol. The van der Waals surface area contributed by atoms with Crippen LogP contribution in [-0.4, -0.2) is 30.5 Å². The number of likely N-dealkylation sites (N-methyl/N-ethyl adjacent to an activating group) is 1. The van der Waals surface area contributed by atoms with Gasteiger partial charge < -0.3 is 10.2 Å². The van der Waals surface area contributed by atoms with Gasteiger partial charge in [-0.2, -0.15) is 5.26 Å². The topological polar surface area (TPSA) is 69.0 Å². The minimum absolute atomic E-state index is 0.0211. The normalized spacial score (nSPS) is 13.8. The summed E-state index contributed by atoms with van der Waals surface area (Å²) in [6.07, 6.45) is 2.14. The molecule has 0 bridgehead atoms. The summed E-state index contributed by atoms with van der Waals surface area (Å²) >= 11 is 0. The highest BCUT2D eigenvalue weighted by Crippen LogP contribution is 2.19. The molecule has 1 aromatic rings. The van der Waals surface area contributed by atoms with Crippen LogP contribution in [-0.2, 0) is 4.79 Å². The summed E-state index contributed by atoms with van der Waals surface area (Å²) in [4.78, 5) is 17.7. The minimum atomic E-state index is -0.0211. The highest BCUT2D eigenvalue weighted by atomic mass is 16.2. The highest BCUT2D eigenvalue weighted by Gasteiger charge is 2.24. The number of nitriles is 1. The number of aromatic nitrogens is 1. The van der Waals surface area contributed by atoms with Gasteiger partial charge in [-0.25, -0.2) is 4.98 Å². The quantitative estimate of drug-likeness (QED) is 0.857. The van der Waals surface area contributed by atoms with Gasteiger partial charge in [0.15, 0.2) is 0 Å². The Morgan fingerprint density at radius 1 is 1.61 bits per heavy atom. The van der Waals surface area contributed by atoms with Crippen molar-refractivity contribution in [3.63, 3.8) is 0 Å². The Bertz CT molecular complexity index is 502. The van der Waals surface area contributed by atoms with Crippen LogP contribution in [0.4, 0.5) is 5.82 Å². The molecule has 0 atom stereocenters. The maximum Gasteiger partial charge on any atom is 0.239 e. The van der Waals surface area contributed by atoms with E-state index in [0.717, 1.165) is 18.5 Å². The van der Waals surface area contributed by atoms with E-state index in [1.807, 2.05) is 6.92 Å². The smallest absolute Gasteiger partial charge is 0.239 e. The molecule has 5 nitrogen and oxygen atoms in total. The number of aryl methyl sites for hydroxylation is 1. The van der Waals surface area contributed by atoms with Crippen LogP contribution in [0.2, 0.25) is 0 Å². The standard InChI is InChI=1S/C13H16N4O/c1-9-3-4-10(7-14)13(15-9)17(2)8-12(18)16-11-5-6-11/h3-4,11H,5-6,8H2,1-2H3,(H,16,18). The van der Waals surface area contributed by atoms with Crippen LogP contribution in [0, 0.1) is 18.3 Å². The number of pyridine rings is 1. The Kier molecular flexibility index (Phi) is 3.47. The van der Waals surface area contributed by atoms with Gasteiger partial charge in [-0.1, -0.05) is 0 Å². The van der Waals surface area contributed by atoms with Gasteiger partial charge in [-0.05, 0) is 31.9 Å². The predicted molar refractivity (Wildman–Crippen MR) is 68.1 cm³/mol. The molecule has 1 heterocycles. The second-order valence-electron chi connectivity index (χ2n) is 4.63. The molecule has 18 heavy (non-hydrogen) atoms. The van der Waals surface area contributed by atoms with Crippen molar-refractivity contribution in [1.29, 1.82) is 5.26 Å². The van der Waals surface area contributed by atoms with Crippen molar-refractivity contribution < 1.29 is 4.79 Å². The molecular formula is C13H16N4O. The molecule has 0 unspecified atom stereocenters. The van der Waals surface area contributed by atoms with Crippen LogP contribution in [0.3, 0.4) is 0 Å². The summed E-state index contributed by atoms with van der Waals surface area (Å²) in [6, 6.07) is 5.97. The van der Waals surface area contributed by atoms with Crippen molar-refractivity contribution in [3.05, 3.63) is 23.4 Å². The first kappa shape index (κ1) is 12.4. The predicted octanol–water partition coefficient (Wildman–Crippen LogP) is 0.976. The monoisotopic (exact) mass is 244 g/mol. The van der Waals surface area contributed by atoms with E-state index in [0.29, 0.717) is 17.4 Å². The minimum Gasteiger partial charge on any atom is -0.352 e. The van der Waals surface area contributed by atoms with Crippen LogP contribution < -0.4 is 10.2 Å². The van der Waals surface area contributed by atoms with E-state index < -0.39 is 0 Å². The Hall–Kier alpha value is -2.09. The number of carbonyl (C=O) groups is 1. The molecule has 1 aliphatic carbocycles. The second kappa shape index (κ2) is 5.05. The molecule has 94 valence electrons. The number of amides is 1. The molecule has 5 heteroatoms. The van der Waals surface area contributed by atoms with E-state index in [4.69, 9.17) is 5.26 Å². The Balaban J connectivity index is 2.07. The van der Waals surface area contributed by atoms with Crippen molar-refractivity contribution in [1.82, 2.24) is 10.3 Å². The number of nitrogens with one attached hydrogen (secondary N) is 1. The van der Waals surface area contributed by atoms with Gasteiger partial charge in [0.2, 0.25) is 5.91 Å². The van der Waals surface area contributed by atoms with Crippen LogP contribution >= 0.6 is 0 Å². The fourth-order valence-corrected chi connectivity index (χ4v) is 1.71. The average molecular weight is 244 g/mol. The SMILES string of the molecule is Cc1ccc(C#N)c(N(C)CC(=O)NC2CC2)n1. The van der Waals surface area contributed by atoms with Crippen LogP contribution in [0.1, 0.15) is 24.1 Å². The molecule has 1 N–H and O–H groups in total. The fourth-order valence-electron chi connectivity index (χ4n) is 1.71. The maximum absolute atomic E-state index is 11.7. The molecule has 1 amide bonds. The van der Waals surface area contributed by atoms with Gasteiger partial charge in [-0.3, -0.25) is 4.79 Å². The van der Waals surface area contributed by atoms with E-state index in [9.17, 15) is 4.79 Å². The third kappa shape index (κ3) is 2.98. The summed E-state index contributed by atoms with van der Waals surface area (Å²) in [7, 11) is 1.77. The van der Waals surface area contributed by atoms with Crippen molar-refractivity contribution in [2.24, 2.45) is 0 Å². The van der Waals surface area contributed by atoms with Gasteiger partial charge in [0.1, 0.15) is 11.9 Å². The average Bonchev–Trinajstić information content (AvgIpc) is 3.12. The van der Waals surface area contributed by atoms with Gasteiger partial charge in [-0.15, -0.1) is 0 Å². The van der Waals surface area contributed by atoms with E-state index in [2.05, 4.69) is 16.4 Å². The van der Waals surface area contributed by atoms with E-state index in [1.165, 1.54) is 0 Å². The molecule has 1 fully saturated rings. The molecule has 1 saturated carbocycles. The number of hydrogen-bond donors (Lipinski definition) is 1. The first-order chi connectivity index (χ1) is 8.60. The van der Waals surface area contributed by atoms with Crippen molar-refractivity contribution >= 4 is 11.7 Å². The van der Waals surface area contributed by atoms with Gasteiger partial charge >= 0.3 is 0 Å². The largest absolute Gasteiger partial charge is 0.352 e. The van der Waals surface area contributed by atoms with Crippen LogP contribution in [0.25, 0.3) is 0 Å². The van der Waals surface area contributed by atoms with Crippen LogP contribution in [0.15, 0.2) is 12.1 Å². The van der Waals surface area contributed by atoms with E-state index in [1.54, 1.807) is 24.1 Å². The summed E-state index contributed by atoms with van der Waals surface area (Å²) in [6.45, 7) is 2.09. The summed E-state index contributed by atoms with van der Waals surface area (Å²) < 4.78 is 0. The number of rotatable bonds is 4. The number of hydrogen-bond acceptors (Lipinski definition) is 4. The van der Waals surface area contributed by atoms with Crippen molar-refractivity contribution in [2.75, 3.05) is 18.5 Å². The van der Waals surface area contributed by atoms with Crippen LogP contribution in [0.5, 0.6) is 0 Å². The first-order valence-electron chi connectivity index (χ1n) is 5.98. The molecule has 0 spiro atoms. The van der Waals surface area contributed by atoms with Crippen molar-refractivity contribution in [3.8, 4) is 6.07 Å². The Labute approximate surface area is 106 Å². The van der Waals surface area contributed by atoms with Gasteiger partial charge in [0, 0.05) is 18.8 Å². The zero-order valence-corrected chi connectivity index (χ0v) is 10.6. The molecule has 1 aliphatic rings. The molecule has 0 radical (unpaired) electrons. The third-order valence-corrected chi connectivity index (χ3v) is 2.82. The lowest BCUT2D eigenvalue weighted by molar-refractivity contribution is -0.119. The van der Waals surface area contributed by atoms with Gasteiger partial charge in [0.25, 0.3) is 0 Å². The Morgan fingerprint density at radius 3 is 2.94 bits per heavy atom. The lowest BCUT2D eigenvalue weighted by Crippen LogP contribution is -2.36. The van der Waals surface area contributed by atoms with E-state index in [-0.39, 0.29) is 12.5 Å². The number of carbonyl (C=O) groups excluding carboxylic acids is 1. The summed E-state index contributed by atoms with van der Waals surface area (Å²) in [5, 5.41) is 11.9. The van der Waals surface area contributed by atoms with Crippen molar-refractivity contribution in [2.45, 2.75) is 25.8 Å². The molecule has 0 aliphatic heterocycles. The number of nitrogens with zero attached hydrogens (tertiary/aromatic N) is 3. The Morgan fingerprint density at radius 2 is 2.33 bits per heavy atom. The molecule has 0 saturated heterocycles. The molecule has 1 aromatic heterocycles.